The minimum absolute atomic E-state index is 0.0200. The summed E-state index contributed by atoms with van der Waals surface area (Å²) in [7, 11) is 0. The van der Waals surface area contributed by atoms with Gasteiger partial charge in [0.1, 0.15) is 5.92 Å². The van der Waals surface area contributed by atoms with Gasteiger partial charge in [-0.1, -0.05) is 6.92 Å². The molecular weight excluding hydrogens is 126 g/mol. The predicted molar refractivity (Wildman–Crippen MR) is 39.5 cm³/mol. The summed E-state index contributed by atoms with van der Waals surface area (Å²) in [6.07, 6.45) is 2.81. The molecular formula is C7H11N3. The normalized spacial score (nSPS) is 23.2. The Morgan fingerprint density at radius 1 is 1.90 bits per heavy atom. The molecule has 0 saturated carbocycles. The van der Waals surface area contributed by atoms with Gasteiger partial charge in [0.05, 0.1) is 12.6 Å². The van der Waals surface area contributed by atoms with Crippen LogP contribution in [0.25, 0.3) is 0 Å². The van der Waals surface area contributed by atoms with Gasteiger partial charge in [-0.2, -0.15) is 10.4 Å². The van der Waals surface area contributed by atoms with Gasteiger partial charge in [0.2, 0.25) is 0 Å². The van der Waals surface area contributed by atoms with E-state index in [0.29, 0.717) is 0 Å². The van der Waals surface area contributed by atoms with Gasteiger partial charge in [0.15, 0.2) is 0 Å². The van der Waals surface area contributed by atoms with E-state index < -0.39 is 0 Å². The highest BCUT2D eigenvalue weighted by molar-refractivity contribution is 5.65. The second-order valence-corrected chi connectivity index (χ2v) is 2.41. The first kappa shape index (κ1) is 7.07. The van der Waals surface area contributed by atoms with E-state index in [1.807, 2.05) is 5.01 Å². The molecule has 0 aromatic heterocycles. The van der Waals surface area contributed by atoms with E-state index in [2.05, 4.69) is 18.1 Å². The molecule has 10 heavy (non-hydrogen) atoms. The number of hydrogen-bond acceptors (Lipinski definition) is 3. The van der Waals surface area contributed by atoms with Gasteiger partial charge in [-0.15, -0.1) is 0 Å². The molecule has 3 nitrogen and oxygen atoms in total. The topological polar surface area (TPSA) is 39.4 Å². The Kier molecular flexibility index (Phi) is 2.27. The Bertz CT molecular complexity index is 168. The van der Waals surface area contributed by atoms with Gasteiger partial charge in [0.25, 0.3) is 0 Å². The lowest BCUT2D eigenvalue weighted by Gasteiger charge is -2.11. The zero-order chi connectivity index (χ0) is 7.40. The third-order valence-corrected chi connectivity index (χ3v) is 1.46. The summed E-state index contributed by atoms with van der Waals surface area (Å²) in [5.41, 5.74) is 0. The quantitative estimate of drug-likeness (QED) is 0.565. The Morgan fingerprint density at radius 3 is 3.20 bits per heavy atom. The van der Waals surface area contributed by atoms with Crippen molar-refractivity contribution in [2.75, 3.05) is 13.1 Å². The summed E-state index contributed by atoms with van der Waals surface area (Å²) in [6, 6.07) is 2.16. The molecule has 0 amide bonds. The fourth-order valence-electron chi connectivity index (χ4n) is 0.977. The lowest BCUT2D eigenvalue weighted by Crippen LogP contribution is -2.18. The van der Waals surface area contributed by atoms with Gasteiger partial charge in [0, 0.05) is 12.8 Å². The number of hydrazone groups is 1. The highest BCUT2D eigenvalue weighted by atomic mass is 15.5. The largest absolute Gasteiger partial charge is 0.296 e. The summed E-state index contributed by atoms with van der Waals surface area (Å²) >= 11 is 0. The molecule has 3 heteroatoms. The minimum Gasteiger partial charge on any atom is -0.296 e. The first-order chi connectivity index (χ1) is 4.86. The number of nitriles is 1. The van der Waals surface area contributed by atoms with Gasteiger partial charge in [-0.3, -0.25) is 5.01 Å². The van der Waals surface area contributed by atoms with Crippen LogP contribution in [-0.4, -0.2) is 24.3 Å². The van der Waals surface area contributed by atoms with Crippen molar-refractivity contribution in [2.45, 2.75) is 13.3 Å². The van der Waals surface area contributed by atoms with Crippen LogP contribution in [-0.2, 0) is 0 Å². The molecule has 0 spiro atoms. The Morgan fingerprint density at radius 2 is 2.70 bits per heavy atom. The zero-order valence-corrected chi connectivity index (χ0v) is 6.12. The number of hydrogen-bond donors (Lipinski definition) is 0. The summed E-state index contributed by atoms with van der Waals surface area (Å²) in [4.78, 5) is 0. The standard InChI is InChI=1S/C7H11N3/c1-2-3-10-6-7(4-8)5-9-10/h5,7H,2-3,6H2,1H3. The molecule has 54 valence electrons. The van der Waals surface area contributed by atoms with Crippen LogP contribution in [0.2, 0.25) is 0 Å². The Hall–Kier alpha value is -1.04. The third kappa shape index (κ3) is 1.47. The van der Waals surface area contributed by atoms with Crippen LogP contribution >= 0.6 is 0 Å². The molecule has 1 atom stereocenters. The van der Waals surface area contributed by atoms with Gasteiger partial charge < -0.3 is 0 Å². The summed E-state index contributed by atoms with van der Waals surface area (Å²) in [6.45, 7) is 3.86. The summed E-state index contributed by atoms with van der Waals surface area (Å²) in [5, 5.41) is 14.5. The zero-order valence-electron chi connectivity index (χ0n) is 6.12. The maximum Gasteiger partial charge on any atom is 0.102 e. The van der Waals surface area contributed by atoms with E-state index in [4.69, 9.17) is 5.26 Å². The van der Waals surface area contributed by atoms with Crippen LogP contribution in [0.15, 0.2) is 5.10 Å². The maximum atomic E-state index is 8.48. The average Bonchev–Trinajstić information content (AvgIpc) is 2.37. The molecule has 0 aromatic carbocycles. The van der Waals surface area contributed by atoms with Crippen molar-refractivity contribution >= 4 is 6.21 Å². The Balaban J connectivity index is 2.32. The molecule has 1 aliphatic rings. The molecule has 0 N–H and O–H groups in total. The van der Waals surface area contributed by atoms with E-state index in [0.717, 1.165) is 19.5 Å². The van der Waals surface area contributed by atoms with Crippen molar-refractivity contribution in [2.24, 2.45) is 11.0 Å². The van der Waals surface area contributed by atoms with Gasteiger partial charge in [-0.05, 0) is 6.42 Å². The maximum absolute atomic E-state index is 8.48. The molecule has 1 rings (SSSR count). The average molecular weight is 137 g/mol. The highest BCUT2D eigenvalue weighted by Crippen LogP contribution is 2.06. The number of nitrogens with zero attached hydrogens (tertiary/aromatic N) is 3. The molecule has 0 radical (unpaired) electrons. The van der Waals surface area contributed by atoms with Gasteiger partial charge >= 0.3 is 0 Å². The molecule has 1 unspecified atom stereocenters. The van der Waals surface area contributed by atoms with Gasteiger partial charge in [-0.25, -0.2) is 0 Å². The molecule has 1 heterocycles. The third-order valence-electron chi connectivity index (χ3n) is 1.46. The number of rotatable bonds is 2. The van der Waals surface area contributed by atoms with Crippen LogP contribution in [0.1, 0.15) is 13.3 Å². The smallest absolute Gasteiger partial charge is 0.102 e. The highest BCUT2D eigenvalue weighted by Gasteiger charge is 2.14. The van der Waals surface area contributed by atoms with Crippen LogP contribution in [0, 0.1) is 17.2 Å². The monoisotopic (exact) mass is 137 g/mol. The van der Waals surface area contributed by atoms with E-state index in [9.17, 15) is 0 Å². The second-order valence-electron chi connectivity index (χ2n) is 2.41. The molecule has 0 aromatic rings. The van der Waals surface area contributed by atoms with Crippen LogP contribution in [0.5, 0.6) is 0 Å². The summed E-state index contributed by atoms with van der Waals surface area (Å²) < 4.78 is 0. The molecule has 0 aliphatic carbocycles. The molecule has 0 fully saturated rings. The molecule has 0 saturated heterocycles. The fourth-order valence-corrected chi connectivity index (χ4v) is 0.977. The van der Waals surface area contributed by atoms with E-state index in [1.54, 1.807) is 6.21 Å². The second kappa shape index (κ2) is 3.21. The van der Waals surface area contributed by atoms with E-state index in [1.165, 1.54) is 0 Å². The lowest BCUT2D eigenvalue weighted by molar-refractivity contribution is 0.307. The fraction of sp³-hybridized carbons (Fsp3) is 0.714. The minimum atomic E-state index is 0.0200. The van der Waals surface area contributed by atoms with Crippen LogP contribution in [0.3, 0.4) is 0 Å². The summed E-state index contributed by atoms with van der Waals surface area (Å²) in [5.74, 6) is 0.0200. The predicted octanol–water partition coefficient (Wildman–Crippen LogP) is 0.838. The van der Waals surface area contributed by atoms with Crippen LogP contribution < -0.4 is 0 Å². The van der Waals surface area contributed by atoms with E-state index >= 15 is 0 Å². The van der Waals surface area contributed by atoms with Crippen LogP contribution in [0.4, 0.5) is 0 Å². The molecule has 0 bridgehead atoms. The van der Waals surface area contributed by atoms with Crippen molar-refractivity contribution in [3.8, 4) is 6.07 Å². The SMILES string of the molecule is CCCN1CC(C#N)C=N1. The van der Waals surface area contributed by atoms with Crippen molar-refractivity contribution in [1.82, 2.24) is 5.01 Å². The van der Waals surface area contributed by atoms with E-state index in [-0.39, 0.29) is 5.92 Å². The lowest BCUT2D eigenvalue weighted by atomic mass is 10.2. The Labute approximate surface area is 60.9 Å². The first-order valence-corrected chi connectivity index (χ1v) is 3.55. The molecule has 1 aliphatic heterocycles. The van der Waals surface area contributed by atoms with Crippen molar-refractivity contribution in [1.29, 1.82) is 5.26 Å². The van der Waals surface area contributed by atoms with Crippen molar-refractivity contribution in [3.05, 3.63) is 0 Å². The van der Waals surface area contributed by atoms with Crippen molar-refractivity contribution < 1.29 is 0 Å². The van der Waals surface area contributed by atoms with Crippen molar-refractivity contribution in [3.63, 3.8) is 0 Å². The first-order valence-electron chi connectivity index (χ1n) is 3.55.